The van der Waals surface area contributed by atoms with Crippen LogP contribution in [-0.2, 0) is 4.84 Å². The zero-order valence-corrected chi connectivity index (χ0v) is 10.5. The van der Waals surface area contributed by atoms with E-state index in [9.17, 15) is 9.90 Å². The fourth-order valence-corrected chi connectivity index (χ4v) is 1.29. The van der Waals surface area contributed by atoms with Crippen molar-refractivity contribution >= 4 is 11.8 Å². The van der Waals surface area contributed by atoms with Crippen molar-refractivity contribution in [2.45, 2.75) is 26.4 Å². The summed E-state index contributed by atoms with van der Waals surface area (Å²) < 4.78 is 0. The Morgan fingerprint density at radius 1 is 1.44 bits per heavy atom. The molecule has 0 amide bonds. The summed E-state index contributed by atoms with van der Waals surface area (Å²) in [6, 6.07) is 8.45. The van der Waals surface area contributed by atoms with Crippen molar-refractivity contribution in [1.82, 2.24) is 0 Å². The molecule has 0 radical (unpaired) electrons. The highest BCUT2D eigenvalue weighted by Gasteiger charge is 2.17. The van der Waals surface area contributed by atoms with Crippen LogP contribution in [0.4, 0.5) is 0 Å². The van der Waals surface area contributed by atoms with Gasteiger partial charge in [0, 0.05) is 0 Å². The van der Waals surface area contributed by atoms with Crippen LogP contribution in [0.1, 0.15) is 30.6 Å². The lowest BCUT2D eigenvalue weighted by Crippen LogP contribution is -2.34. The van der Waals surface area contributed by atoms with Gasteiger partial charge in [-0.25, -0.2) is 4.79 Å². The first kappa shape index (κ1) is 14.2. The lowest BCUT2D eigenvalue weighted by molar-refractivity contribution is 0.0506. The molecule has 98 valence electrons. The Balaban J connectivity index is 2.61. The quantitative estimate of drug-likeness (QED) is 0.359. The molecule has 0 bridgehead atoms. The second kappa shape index (κ2) is 6.76. The fourth-order valence-electron chi connectivity index (χ4n) is 1.29. The third-order valence-electron chi connectivity index (χ3n) is 2.73. The van der Waals surface area contributed by atoms with E-state index in [2.05, 4.69) is 9.99 Å². The van der Waals surface area contributed by atoms with Crippen molar-refractivity contribution in [3.63, 3.8) is 0 Å². The Morgan fingerprint density at radius 2 is 2.06 bits per heavy atom. The Hall–Kier alpha value is -1.88. The summed E-state index contributed by atoms with van der Waals surface area (Å²) in [5.41, 5.74) is 5.92. The topological polar surface area (TPSA) is 84.9 Å². The Kier molecular flexibility index (Phi) is 5.32. The monoisotopic (exact) mass is 250 g/mol. The summed E-state index contributed by atoms with van der Waals surface area (Å²) in [6.45, 7) is 3.77. The minimum atomic E-state index is -0.904. The van der Waals surface area contributed by atoms with Gasteiger partial charge >= 0.3 is 5.97 Å². The molecule has 0 saturated heterocycles. The fraction of sp³-hybridized carbons (Fsp3) is 0.385. The van der Waals surface area contributed by atoms with Crippen molar-refractivity contribution in [2.24, 2.45) is 16.8 Å². The van der Waals surface area contributed by atoms with Crippen LogP contribution in [0.15, 0.2) is 35.5 Å². The van der Waals surface area contributed by atoms with E-state index in [-0.39, 0.29) is 11.8 Å². The molecule has 5 heteroatoms. The van der Waals surface area contributed by atoms with Gasteiger partial charge in [-0.3, -0.25) is 0 Å². The first-order valence-corrected chi connectivity index (χ1v) is 5.84. The number of oxime groups is 1. The molecule has 0 spiro atoms. The normalized spacial score (nSPS) is 14.9. The molecule has 18 heavy (non-hydrogen) atoms. The zero-order valence-electron chi connectivity index (χ0n) is 10.5. The van der Waals surface area contributed by atoms with E-state index in [1.165, 1.54) is 0 Å². The van der Waals surface area contributed by atoms with Crippen molar-refractivity contribution in [3.05, 3.63) is 35.9 Å². The molecule has 0 aliphatic carbocycles. The molecule has 5 nitrogen and oxygen atoms in total. The van der Waals surface area contributed by atoms with Gasteiger partial charge in [0.15, 0.2) is 5.84 Å². The minimum Gasteiger partial charge on any atom is -0.385 e. The number of nitrogens with two attached hydrogens (primary N) is 1. The first-order valence-electron chi connectivity index (χ1n) is 5.84. The van der Waals surface area contributed by atoms with Crippen LogP contribution >= 0.6 is 0 Å². The second-order valence-electron chi connectivity index (χ2n) is 4.09. The maximum atomic E-state index is 11.5. The molecular formula is C13H18N2O3. The van der Waals surface area contributed by atoms with Crippen LogP contribution in [0.5, 0.6) is 0 Å². The molecule has 1 unspecified atom stereocenters. The van der Waals surface area contributed by atoms with Gasteiger partial charge in [-0.15, -0.1) is 0 Å². The van der Waals surface area contributed by atoms with Crippen LogP contribution in [0.2, 0.25) is 0 Å². The predicted molar refractivity (Wildman–Crippen MR) is 68.9 cm³/mol. The molecule has 3 N–H and O–H groups in total. The highest BCUT2D eigenvalue weighted by molar-refractivity contribution is 5.90. The molecule has 2 atom stereocenters. The summed E-state index contributed by atoms with van der Waals surface area (Å²) in [6.07, 6.45) is -0.150. The summed E-state index contributed by atoms with van der Waals surface area (Å²) in [7, 11) is 0. The van der Waals surface area contributed by atoms with E-state index in [1.807, 2.05) is 13.8 Å². The van der Waals surface area contributed by atoms with Crippen LogP contribution < -0.4 is 5.73 Å². The molecule has 1 aromatic rings. The van der Waals surface area contributed by atoms with Gasteiger partial charge in [-0.1, -0.05) is 43.6 Å². The number of hydrogen-bond acceptors (Lipinski definition) is 4. The van der Waals surface area contributed by atoms with Gasteiger partial charge in [0.25, 0.3) is 0 Å². The maximum Gasteiger partial charge on any atom is 0.365 e. The lowest BCUT2D eigenvalue weighted by Gasteiger charge is -2.15. The number of hydrogen-bond donors (Lipinski definition) is 2. The summed E-state index contributed by atoms with van der Waals surface area (Å²) >= 11 is 0. The van der Waals surface area contributed by atoms with E-state index in [4.69, 9.17) is 5.73 Å². The predicted octanol–water partition coefficient (Wildman–Crippen LogP) is 1.52. The molecule has 1 rings (SSSR count). The number of aliphatic hydroxyl groups is 1. The SMILES string of the molecule is CC[C@H](C)C(O)/C(N)=N\OC(=O)c1ccccc1. The lowest BCUT2D eigenvalue weighted by atomic mass is 10.0. The molecule has 0 aliphatic rings. The molecule has 1 aromatic carbocycles. The van der Waals surface area contributed by atoms with Crippen molar-refractivity contribution in [2.75, 3.05) is 0 Å². The molecule has 0 fully saturated rings. The van der Waals surface area contributed by atoms with Crippen LogP contribution in [0.25, 0.3) is 0 Å². The summed E-state index contributed by atoms with van der Waals surface area (Å²) in [5.74, 6) is -0.729. The third kappa shape index (κ3) is 3.85. The Bertz CT molecular complexity index is 418. The van der Waals surface area contributed by atoms with Crippen molar-refractivity contribution in [3.8, 4) is 0 Å². The standard InChI is InChI=1S/C13H18N2O3/c1-3-9(2)11(16)12(14)15-18-13(17)10-7-5-4-6-8-10/h4-9,11,16H,3H2,1-2H3,(H2,14,15)/t9-,11?/m0/s1. The number of nitrogens with zero attached hydrogens (tertiary/aromatic N) is 1. The zero-order chi connectivity index (χ0) is 13.5. The first-order chi connectivity index (χ1) is 8.56. The average molecular weight is 250 g/mol. The number of aliphatic hydroxyl groups excluding tert-OH is 1. The summed E-state index contributed by atoms with van der Waals surface area (Å²) in [4.78, 5) is 16.2. The van der Waals surface area contributed by atoms with Gasteiger partial charge in [-0.2, -0.15) is 0 Å². The average Bonchev–Trinajstić information content (AvgIpc) is 2.43. The van der Waals surface area contributed by atoms with E-state index < -0.39 is 12.1 Å². The number of carbonyl (C=O) groups excluding carboxylic acids is 1. The minimum absolute atomic E-state index is 0.0378. The molecule has 0 heterocycles. The van der Waals surface area contributed by atoms with Crippen molar-refractivity contribution < 1.29 is 14.7 Å². The smallest absolute Gasteiger partial charge is 0.365 e. The Labute approximate surface area is 106 Å². The number of carbonyl (C=O) groups is 1. The van der Waals surface area contributed by atoms with Gasteiger partial charge < -0.3 is 15.7 Å². The molecule has 0 saturated carbocycles. The highest BCUT2D eigenvalue weighted by Crippen LogP contribution is 2.08. The van der Waals surface area contributed by atoms with Crippen LogP contribution in [-0.4, -0.2) is 23.0 Å². The number of rotatable bonds is 5. The van der Waals surface area contributed by atoms with Gasteiger partial charge in [0.1, 0.15) is 6.10 Å². The van der Waals surface area contributed by atoms with Crippen molar-refractivity contribution in [1.29, 1.82) is 0 Å². The van der Waals surface area contributed by atoms with Gasteiger partial charge in [-0.05, 0) is 18.1 Å². The molecule has 0 aliphatic heterocycles. The molecular weight excluding hydrogens is 232 g/mol. The van der Waals surface area contributed by atoms with E-state index in [1.54, 1.807) is 30.3 Å². The maximum absolute atomic E-state index is 11.5. The van der Waals surface area contributed by atoms with E-state index in [0.29, 0.717) is 5.56 Å². The second-order valence-corrected chi connectivity index (χ2v) is 4.09. The van der Waals surface area contributed by atoms with Crippen LogP contribution in [0, 0.1) is 5.92 Å². The molecule has 0 aromatic heterocycles. The van der Waals surface area contributed by atoms with E-state index >= 15 is 0 Å². The number of amidine groups is 1. The number of benzene rings is 1. The summed E-state index contributed by atoms with van der Waals surface area (Å²) in [5, 5.41) is 13.2. The largest absolute Gasteiger partial charge is 0.385 e. The van der Waals surface area contributed by atoms with Gasteiger partial charge in [0.05, 0.1) is 5.56 Å². The third-order valence-corrected chi connectivity index (χ3v) is 2.73. The van der Waals surface area contributed by atoms with Crippen LogP contribution in [0.3, 0.4) is 0 Å². The highest BCUT2D eigenvalue weighted by atomic mass is 16.7. The Morgan fingerprint density at radius 3 is 2.61 bits per heavy atom. The van der Waals surface area contributed by atoms with E-state index in [0.717, 1.165) is 6.42 Å². The van der Waals surface area contributed by atoms with Gasteiger partial charge in [0.2, 0.25) is 0 Å².